The largest absolute Gasteiger partial charge is 0.300 e. The molecule has 4 aliphatic rings. The Morgan fingerprint density at radius 3 is 2.84 bits per heavy atom. The maximum absolute atomic E-state index is 6.06. The Labute approximate surface area is 153 Å². The smallest absolute Gasteiger partial charge is 0.154 e. The van der Waals surface area contributed by atoms with Crippen molar-refractivity contribution in [2.24, 2.45) is 10.9 Å². The van der Waals surface area contributed by atoms with Crippen LogP contribution in [0, 0.1) is 12.8 Å². The fraction of sp³-hybridized carbons (Fsp3) is 0.474. The molecule has 0 saturated carbocycles. The molecule has 0 aliphatic carbocycles. The first kappa shape index (κ1) is 16.8. The van der Waals surface area contributed by atoms with Crippen LogP contribution in [0.5, 0.6) is 0 Å². The summed E-state index contributed by atoms with van der Waals surface area (Å²) < 4.78 is 0. The number of hydrogen-bond donors (Lipinski definition) is 1. The molecule has 1 atom stereocenters. The molecule has 25 heavy (non-hydrogen) atoms. The van der Waals surface area contributed by atoms with Crippen LogP contribution in [-0.2, 0) is 4.84 Å². The summed E-state index contributed by atoms with van der Waals surface area (Å²) in [5, 5.41) is 2.33. The number of fused-ring (bicyclic) bond motifs is 3. The zero-order valence-electron chi connectivity index (χ0n) is 14.4. The topological polar surface area (TPSA) is 49.8 Å². The van der Waals surface area contributed by atoms with Crippen molar-refractivity contribution in [2.75, 3.05) is 19.6 Å². The maximum Gasteiger partial charge on any atom is 0.154 e. The zero-order chi connectivity index (χ0) is 16.1. The van der Waals surface area contributed by atoms with Crippen molar-refractivity contribution >= 4 is 34.8 Å². The number of nitrogens with one attached hydrogen (secondary N) is 1. The van der Waals surface area contributed by atoms with Crippen LogP contribution < -0.4 is 5.48 Å². The molecule has 0 amide bonds. The van der Waals surface area contributed by atoms with Crippen LogP contribution in [-0.4, -0.2) is 41.0 Å². The third kappa shape index (κ3) is 2.90. The highest BCUT2D eigenvalue weighted by Crippen LogP contribution is 2.42. The number of halogens is 1. The predicted octanol–water partition coefficient (Wildman–Crippen LogP) is 3.38. The van der Waals surface area contributed by atoms with E-state index in [0.717, 1.165) is 30.0 Å². The zero-order valence-corrected chi connectivity index (χ0v) is 15.2. The van der Waals surface area contributed by atoms with Crippen LogP contribution in [0.4, 0.5) is 5.82 Å². The van der Waals surface area contributed by atoms with Gasteiger partial charge in [0.1, 0.15) is 11.4 Å². The van der Waals surface area contributed by atoms with Gasteiger partial charge in [-0.15, -0.1) is 12.4 Å². The summed E-state index contributed by atoms with van der Waals surface area (Å²) in [4.78, 5) is 17.8. The highest BCUT2D eigenvalue weighted by atomic mass is 35.5. The Morgan fingerprint density at radius 2 is 2.08 bits per heavy atom. The van der Waals surface area contributed by atoms with Crippen molar-refractivity contribution in [1.82, 2.24) is 15.4 Å². The van der Waals surface area contributed by atoms with Crippen LogP contribution in [0.25, 0.3) is 10.8 Å². The van der Waals surface area contributed by atoms with Crippen LogP contribution in [0.3, 0.4) is 0 Å². The number of hydrogen-bond acceptors (Lipinski definition) is 4. The van der Waals surface area contributed by atoms with Crippen molar-refractivity contribution in [3.05, 3.63) is 36.0 Å². The van der Waals surface area contributed by atoms with Crippen LogP contribution in [0.15, 0.2) is 35.5 Å². The lowest BCUT2D eigenvalue weighted by Gasteiger charge is -2.49. The number of rotatable bonds is 1. The molecule has 0 radical (unpaired) electrons. The summed E-state index contributed by atoms with van der Waals surface area (Å²) in [6, 6.07) is 8.44. The number of hydroxylamine groups is 1. The predicted molar refractivity (Wildman–Crippen MR) is 102 cm³/mol. The molecule has 5 nitrogen and oxygen atoms in total. The van der Waals surface area contributed by atoms with E-state index in [0.29, 0.717) is 5.92 Å². The molecule has 1 aromatic carbocycles. The normalized spacial score (nSPS) is 32.1. The average molecular weight is 359 g/mol. The first-order valence-electron chi connectivity index (χ1n) is 8.81. The highest BCUT2D eigenvalue weighted by molar-refractivity contribution is 5.88. The van der Waals surface area contributed by atoms with Gasteiger partial charge >= 0.3 is 0 Å². The third-order valence-electron chi connectivity index (χ3n) is 5.77. The molecule has 1 aromatic heterocycles. The van der Waals surface area contributed by atoms with Crippen LogP contribution >= 0.6 is 12.4 Å². The van der Waals surface area contributed by atoms with Gasteiger partial charge < -0.3 is 4.90 Å². The number of aryl methyl sites for hydroxylation is 1. The lowest BCUT2D eigenvalue weighted by atomic mass is 9.74. The Balaban J connectivity index is 0.00000157. The van der Waals surface area contributed by atoms with E-state index in [4.69, 9.17) is 9.83 Å². The molecule has 0 unspecified atom stereocenters. The van der Waals surface area contributed by atoms with E-state index in [1.54, 1.807) is 0 Å². The molecule has 2 aromatic rings. The van der Waals surface area contributed by atoms with Gasteiger partial charge in [-0.1, -0.05) is 23.8 Å². The lowest BCUT2D eigenvalue weighted by Crippen LogP contribution is -2.59. The van der Waals surface area contributed by atoms with Gasteiger partial charge in [-0.25, -0.2) is 9.98 Å². The number of aromatic nitrogens is 1. The molecule has 132 valence electrons. The van der Waals surface area contributed by atoms with E-state index in [9.17, 15) is 0 Å². The van der Waals surface area contributed by atoms with E-state index < -0.39 is 0 Å². The Kier molecular flexibility index (Phi) is 4.18. The number of piperidine rings is 3. The summed E-state index contributed by atoms with van der Waals surface area (Å²) >= 11 is 0. The lowest BCUT2D eigenvalue weighted by molar-refractivity contribution is -0.150. The summed E-state index contributed by atoms with van der Waals surface area (Å²) in [7, 11) is 0. The second-order valence-electron chi connectivity index (χ2n) is 7.45. The van der Waals surface area contributed by atoms with Crippen molar-refractivity contribution < 1.29 is 4.84 Å². The second kappa shape index (κ2) is 6.24. The van der Waals surface area contributed by atoms with Crippen molar-refractivity contribution in [1.29, 1.82) is 0 Å². The van der Waals surface area contributed by atoms with E-state index in [2.05, 4.69) is 46.6 Å². The van der Waals surface area contributed by atoms with Crippen LogP contribution in [0.2, 0.25) is 0 Å². The van der Waals surface area contributed by atoms with Crippen molar-refractivity contribution in [3.8, 4) is 0 Å². The van der Waals surface area contributed by atoms with E-state index >= 15 is 0 Å². The third-order valence-corrected chi connectivity index (χ3v) is 5.77. The molecule has 6 heteroatoms. The number of benzene rings is 1. The molecule has 6 rings (SSSR count). The molecule has 1 N–H and O–H groups in total. The van der Waals surface area contributed by atoms with E-state index in [1.807, 2.05) is 6.20 Å². The van der Waals surface area contributed by atoms with Gasteiger partial charge in [0.05, 0.1) is 0 Å². The molecule has 4 fully saturated rings. The van der Waals surface area contributed by atoms with Gasteiger partial charge in [-0.3, -0.25) is 10.3 Å². The number of nitrogens with zero attached hydrogens (tertiary/aromatic N) is 3. The number of amidine groups is 1. The highest BCUT2D eigenvalue weighted by Gasteiger charge is 2.52. The standard InChI is InChI=1S/C19H22N4O.ClH/c1-13-2-3-14-11-20-17(9-15(14)8-13)21-18-10-19(24-22-18)12-23-6-4-16(19)5-7-23;/h2-3,8-9,11,16H,4-7,10,12H2,1H3,(H,20,21,22);1H/t19-;/m0./s1. The first-order chi connectivity index (χ1) is 11.7. The summed E-state index contributed by atoms with van der Waals surface area (Å²) in [5.41, 5.74) is 4.26. The van der Waals surface area contributed by atoms with Crippen molar-refractivity contribution in [2.45, 2.75) is 31.8 Å². The Morgan fingerprint density at radius 1 is 1.24 bits per heavy atom. The molecule has 1 spiro atoms. The van der Waals surface area contributed by atoms with Gasteiger partial charge in [-0.2, -0.15) is 0 Å². The molecular weight excluding hydrogens is 336 g/mol. The molecule has 2 bridgehead atoms. The minimum Gasteiger partial charge on any atom is -0.300 e. The molecule has 4 saturated heterocycles. The summed E-state index contributed by atoms with van der Waals surface area (Å²) in [5.74, 6) is 2.30. The molecule has 5 heterocycles. The summed E-state index contributed by atoms with van der Waals surface area (Å²) in [6.45, 7) is 5.56. The van der Waals surface area contributed by atoms with Crippen molar-refractivity contribution in [3.63, 3.8) is 0 Å². The SMILES string of the molecule is Cc1ccc2cnc(N=C3C[C@@]4(CN5CCC4CC5)ON3)cc2c1.Cl. The minimum absolute atomic E-state index is 0. The maximum atomic E-state index is 6.06. The minimum atomic E-state index is -0.0806. The van der Waals surface area contributed by atoms with E-state index in [1.165, 1.54) is 36.9 Å². The number of pyridine rings is 1. The summed E-state index contributed by atoms with van der Waals surface area (Å²) in [6.07, 6.45) is 5.24. The van der Waals surface area contributed by atoms with Crippen LogP contribution in [0.1, 0.15) is 24.8 Å². The average Bonchev–Trinajstić information content (AvgIpc) is 2.97. The monoisotopic (exact) mass is 358 g/mol. The Hall–Kier alpha value is -1.69. The second-order valence-corrected chi connectivity index (χ2v) is 7.45. The first-order valence-corrected chi connectivity index (χ1v) is 8.81. The van der Waals surface area contributed by atoms with E-state index in [-0.39, 0.29) is 18.0 Å². The molecule has 4 aliphatic heterocycles. The quantitative estimate of drug-likeness (QED) is 0.849. The fourth-order valence-electron chi connectivity index (χ4n) is 4.47. The van der Waals surface area contributed by atoms with Gasteiger partial charge in [0.25, 0.3) is 0 Å². The Bertz CT molecular complexity index is 831. The van der Waals surface area contributed by atoms with Gasteiger partial charge in [0, 0.05) is 24.5 Å². The van der Waals surface area contributed by atoms with Gasteiger partial charge in [0.15, 0.2) is 5.82 Å². The van der Waals surface area contributed by atoms with Gasteiger partial charge in [0.2, 0.25) is 0 Å². The fourth-order valence-corrected chi connectivity index (χ4v) is 4.47. The number of aliphatic imine (C=N–C) groups is 1. The van der Waals surface area contributed by atoms with Gasteiger partial charge in [-0.05, 0) is 50.2 Å². The molecular formula is C19H23ClN4O.